The van der Waals surface area contributed by atoms with E-state index in [2.05, 4.69) is 28.0 Å². The molecule has 0 aliphatic heterocycles. The van der Waals surface area contributed by atoms with Gasteiger partial charge in [-0.05, 0) is 38.6 Å². The summed E-state index contributed by atoms with van der Waals surface area (Å²) in [7, 11) is 2.05. The van der Waals surface area contributed by atoms with E-state index in [9.17, 15) is 0 Å². The van der Waals surface area contributed by atoms with E-state index in [-0.39, 0.29) is 0 Å². The lowest BCUT2D eigenvalue weighted by molar-refractivity contribution is 0.621. The Hall–Kier alpha value is -1.09. The lowest BCUT2D eigenvalue weighted by Gasteiger charge is -2.12. The fourth-order valence-electron chi connectivity index (χ4n) is 2.34. The number of hydrogen-bond donors (Lipinski definition) is 1. The summed E-state index contributed by atoms with van der Waals surface area (Å²) >= 11 is 0. The quantitative estimate of drug-likeness (QED) is 0.604. The van der Waals surface area contributed by atoms with Crippen LogP contribution in [0.3, 0.4) is 0 Å². The molecule has 3 nitrogen and oxygen atoms in total. The number of aromatic nitrogens is 2. The molecule has 0 unspecified atom stereocenters. The Morgan fingerprint density at radius 3 is 2.88 bits per heavy atom. The molecule has 0 saturated carbocycles. The smallest absolute Gasteiger partial charge is 0.109 e. The fourth-order valence-corrected chi connectivity index (χ4v) is 2.34. The number of nitrogens with zero attached hydrogens (tertiary/aromatic N) is 2. The molecule has 0 saturated heterocycles. The molecule has 0 bridgehead atoms. The van der Waals surface area contributed by atoms with E-state index < -0.39 is 0 Å². The van der Waals surface area contributed by atoms with E-state index in [4.69, 9.17) is 0 Å². The lowest BCUT2D eigenvalue weighted by Crippen LogP contribution is -2.20. The van der Waals surface area contributed by atoms with Crippen LogP contribution in [-0.4, -0.2) is 22.6 Å². The first-order chi connectivity index (χ1) is 8.36. The molecular weight excluding hydrogens is 210 g/mol. The number of allylic oxidation sites excluding steroid dienone is 1. The van der Waals surface area contributed by atoms with E-state index in [1.165, 1.54) is 32.1 Å². The number of nitrogens with one attached hydrogen (secondary N) is 1. The van der Waals surface area contributed by atoms with Crippen LogP contribution >= 0.6 is 0 Å². The largest absolute Gasteiger partial charge is 0.338 e. The summed E-state index contributed by atoms with van der Waals surface area (Å²) in [6, 6.07) is 0. The third-order valence-electron chi connectivity index (χ3n) is 3.45. The number of aryl methyl sites for hydroxylation is 1. The van der Waals surface area contributed by atoms with Gasteiger partial charge in [0, 0.05) is 32.4 Å². The molecule has 1 N–H and O–H groups in total. The van der Waals surface area contributed by atoms with Gasteiger partial charge in [-0.15, -0.1) is 0 Å². The minimum Gasteiger partial charge on any atom is -0.338 e. The zero-order valence-corrected chi connectivity index (χ0v) is 10.8. The van der Waals surface area contributed by atoms with Crippen LogP contribution in [0.1, 0.15) is 37.9 Å². The summed E-state index contributed by atoms with van der Waals surface area (Å²) in [5.74, 6) is 1.16. The molecule has 1 aromatic heterocycles. The molecule has 2 rings (SSSR count). The van der Waals surface area contributed by atoms with Gasteiger partial charge in [0.05, 0.1) is 0 Å². The molecule has 0 radical (unpaired) electrons. The molecule has 1 aromatic rings. The van der Waals surface area contributed by atoms with Crippen molar-refractivity contribution in [3.8, 4) is 0 Å². The van der Waals surface area contributed by atoms with Crippen molar-refractivity contribution in [3.05, 3.63) is 29.9 Å². The van der Waals surface area contributed by atoms with Crippen molar-refractivity contribution < 1.29 is 0 Å². The van der Waals surface area contributed by atoms with Gasteiger partial charge >= 0.3 is 0 Å². The number of imidazole rings is 1. The second-order valence-corrected chi connectivity index (χ2v) is 4.81. The van der Waals surface area contributed by atoms with Crippen LogP contribution < -0.4 is 5.32 Å². The summed E-state index contributed by atoms with van der Waals surface area (Å²) < 4.78 is 2.09. The third-order valence-corrected chi connectivity index (χ3v) is 3.45. The number of hydrogen-bond acceptors (Lipinski definition) is 2. The van der Waals surface area contributed by atoms with E-state index in [1.54, 1.807) is 5.57 Å². The Bertz CT molecular complexity index is 365. The molecule has 17 heavy (non-hydrogen) atoms. The second kappa shape index (κ2) is 6.60. The highest BCUT2D eigenvalue weighted by atomic mass is 15.0. The average molecular weight is 233 g/mol. The van der Waals surface area contributed by atoms with Crippen molar-refractivity contribution in [2.45, 2.75) is 38.5 Å². The van der Waals surface area contributed by atoms with Crippen molar-refractivity contribution in [2.24, 2.45) is 7.05 Å². The monoisotopic (exact) mass is 233 g/mol. The maximum Gasteiger partial charge on any atom is 0.109 e. The van der Waals surface area contributed by atoms with Crippen molar-refractivity contribution in [3.63, 3.8) is 0 Å². The molecule has 0 spiro atoms. The van der Waals surface area contributed by atoms with Crippen molar-refractivity contribution in [1.29, 1.82) is 0 Å². The van der Waals surface area contributed by atoms with Crippen LogP contribution in [0.25, 0.3) is 0 Å². The lowest BCUT2D eigenvalue weighted by atomic mass is 9.97. The first kappa shape index (κ1) is 12.4. The van der Waals surface area contributed by atoms with Gasteiger partial charge in [-0.1, -0.05) is 11.6 Å². The first-order valence-corrected chi connectivity index (χ1v) is 6.71. The van der Waals surface area contributed by atoms with Crippen molar-refractivity contribution in [2.75, 3.05) is 13.1 Å². The second-order valence-electron chi connectivity index (χ2n) is 4.81. The highest BCUT2D eigenvalue weighted by molar-refractivity contribution is 5.05. The molecule has 1 aliphatic carbocycles. The molecule has 1 heterocycles. The summed E-state index contributed by atoms with van der Waals surface area (Å²) in [5.41, 5.74) is 1.65. The van der Waals surface area contributed by atoms with Crippen LogP contribution in [-0.2, 0) is 13.5 Å². The number of rotatable bonds is 6. The van der Waals surface area contributed by atoms with Crippen LogP contribution in [0.2, 0.25) is 0 Å². The maximum absolute atomic E-state index is 4.31. The Labute approximate surface area is 104 Å². The molecule has 3 heteroatoms. The van der Waals surface area contributed by atoms with Crippen LogP contribution in [0.4, 0.5) is 0 Å². The maximum atomic E-state index is 4.31. The topological polar surface area (TPSA) is 29.9 Å². The average Bonchev–Trinajstić information content (AvgIpc) is 2.76. The van der Waals surface area contributed by atoms with Crippen molar-refractivity contribution >= 4 is 0 Å². The van der Waals surface area contributed by atoms with Gasteiger partial charge < -0.3 is 9.88 Å². The SMILES string of the molecule is Cn1ccnc1CCNCCC1=CCCCC1. The summed E-state index contributed by atoms with van der Waals surface area (Å²) in [6.45, 7) is 2.13. The van der Waals surface area contributed by atoms with Gasteiger partial charge in [0.15, 0.2) is 0 Å². The Morgan fingerprint density at radius 1 is 1.29 bits per heavy atom. The summed E-state index contributed by atoms with van der Waals surface area (Å²) in [6.07, 6.45) is 13.9. The summed E-state index contributed by atoms with van der Waals surface area (Å²) in [4.78, 5) is 4.31. The predicted molar refractivity (Wildman–Crippen MR) is 70.9 cm³/mol. The Morgan fingerprint density at radius 2 is 2.18 bits per heavy atom. The third kappa shape index (κ3) is 4.00. The van der Waals surface area contributed by atoms with Gasteiger partial charge in [-0.2, -0.15) is 0 Å². The van der Waals surface area contributed by atoms with Gasteiger partial charge in [0.25, 0.3) is 0 Å². The van der Waals surface area contributed by atoms with Gasteiger partial charge in [-0.3, -0.25) is 0 Å². The van der Waals surface area contributed by atoms with Crippen LogP contribution in [0.5, 0.6) is 0 Å². The Balaban J connectivity index is 1.57. The highest BCUT2D eigenvalue weighted by Gasteiger charge is 2.03. The summed E-state index contributed by atoms with van der Waals surface area (Å²) in [5, 5.41) is 3.50. The van der Waals surface area contributed by atoms with E-state index in [0.29, 0.717) is 0 Å². The van der Waals surface area contributed by atoms with Gasteiger partial charge in [0.1, 0.15) is 5.82 Å². The van der Waals surface area contributed by atoms with Crippen molar-refractivity contribution in [1.82, 2.24) is 14.9 Å². The predicted octanol–water partition coefficient (Wildman–Crippen LogP) is 2.44. The standard InChI is InChI=1S/C14H23N3/c1-17-12-11-16-14(17)8-10-15-9-7-13-5-3-2-4-6-13/h5,11-12,15H,2-4,6-10H2,1H3. The molecule has 0 fully saturated rings. The minimum atomic E-state index is 1.02. The molecule has 1 aliphatic rings. The van der Waals surface area contributed by atoms with Crippen LogP contribution in [0, 0.1) is 0 Å². The van der Waals surface area contributed by atoms with E-state index in [1.807, 2.05) is 12.4 Å². The molecule has 94 valence electrons. The zero-order valence-electron chi connectivity index (χ0n) is 10.8. The van der Waals surface area contributed by atoms with Gasteiger partial charge in [-0.25, -0.2) is 4.98 Å². The van der Waals surface area contributed by atoms with E-state index in [0.717, 1.165) is 25.3 Å². The van der Waals surface area contributed by atoms with Crippen LogP contribution in [0.15, 0.2) is 24.0 Å². The molecule has 0 atom stereocenters. The first-order valence-electron chi connectivity index (χ1n) is 6.71. The molecule has 0 amide bonds. The van der Waals surface area contributed by atoms with Gasteiger partial charge in [0.2, 0.25) is 0 Å². The minimum absolute atomic E-state index is 1.02. The molecule has 0 aromatic carbocycles. The fraction of sp³-hybridized carbons (Fsp3) is 0.643. The molecular formula is C14H23N3. The normalized spacial score (nSPS) is 15.9. The Kier molecular flexibility index (Phi) is 4.80. The van der Waals surface area contributed by atoms with E-state index >= 15 is 0 Å². The highest BCUT2D eigenvalue weighted by Crippen LogP contribution is 2.19. The zero-order chi connectivity index (χ0) is 11.9.